The third-order valence-corrected chi connectivity index (χ3v) is 6.67. The van der Waals surface area contributed by atoms with E-state index < -0.39 is 0 Å². The first kappa shape index (κ1) is 23.9. The third kappa shape index (κ3) is 5.86. The number of likely N-dealkylation sites (tertiary alicyclic amines) is 1. The van der Waals surface area contributed by atoms with Gasteiger partial charge in [0.15, 0.2) is 11.5 Å². The standard InChI is InChI=1S/C29H31N3O4/c33-28-25-13-24(15-30-17-25)18-32(28)29(34)31-16-23-11-12-26(35-19-21-7-3-1-4-8-21)27(14-23)36-20-22-9-5-2-6-10-22/h1-12,14,24-25,30H,13,15-20H2,(H,31,34). The summed E-state index contributed by atoms with van der Waals surface area (Å²) in [4.78, 5) is 26.9. The van der Waals surface area contributed by atoms with Crippen LogP contribution >= 0.6 is 0 Å². The number of fused-ring (bicyclic) bond motifs is 2. The fourth-order valence-corrected chi connectivity index (χ4v) is 4.75. The summed E-state index contributed by atoms with van der Waals surface area (Å²) in [6.07, 6.45) is 0.863. The van der Waals surface area contributed by atoms with Crippen molar-refractivity contribution >= 4 is 11.9 Å². The number of amides is 3. The summed E-state index contributed by atoms with van der Waals surface area (Å²) in [6, 6.07) is 25.2. The highest BCUT2D eigenvalue weighted by molar-refractivity contribution is 5.96. The van der Waals surface area contributed by atoms with Crippen molar-refractivity contribution in [3.8, 4) is 11.5 Å². The molecule has 0 radical (unpaired) electrons. The fourth-order valence-electron chi connectivity index (χ4n) is 4.75. The predicted molar refractivity (Wildman–Crippen MR) is 136 cm³/mol. The van der Waals surface area contributed by atoms with Gasteiger partial charge in [-0.1, -0.05) is 66.7 Å². The number of carbonyl (C=O) groups is 2. The highest BCUT2D eigenvalue weighted by Crippen LogP contribution is 2.30. The van der Waals surface area contributed by atoms with Crippen molar-refractivity contribution < 1.29 is 19.1 Å². The highest BCUT2D eigenvalue weighted by atomic mass is 16.5. The zero-order valence-corrected chi connectivity index (χ0v) is 20.2. The number of nitrogens with one attached hydrogen (secondary N) is 2. The molecule has 2 atom stereocenters. The van der Waals surface area contributed by atoms with Gasteiger partial charge in [-0.15, -0.1) is 0 Å². The van der Waals surface area contributed by atoms with Crippen molar-refractivity contribution in [2.24, 2.45) is 11.8 Å². The van der Waals surface area contributed by atoms with Crippen molar-refractivity contribution in [2.45, 2.75) is 26.2 Å². The van der Waals surface area contributed by atoms with Crippen molar-refractivity contribution in [3.05, 3.63) is 95.6 Å². The zero-order valence-electron chi connectivity index (χ0n) is 20.2. The van der Waals surface area contributed by atoms with Gasteiger partial charge in [0, 0.05) is 19.6 Å². The molecule has 0 aliphatic carbocycles. The molecule has 3 aromatic carbocycles. The van der Waals surface area contributed by atoms with Crippen molar-refractivity contribution in [1.29, 1.82) is 0 Å². The number of benzene rings is 3. The SMILES string of the molecule is O=C(NCc1ccc(OCc2ccccc2)c(OCc2ccccc2)c1)N1CC2CNCC(C2)C1=O. The highest BCUT2D eigenvalue weighted by Gasteiger charge is 2.39. The number of imide groups is 1. The Kier molecular flexibility index (Phi) is 7.47. The van der Waals surface area contributed by atoms with Gasteiger partial charge in [0.05, 0.1) is 5.92 Å². The van der Waals surface area contributed by atoms with Crippen LogP contribution in [0.4, 0.5) is 4.79 Å². The Morgan fingerprint density at radius 1 is 0.861 bits per heavy atom. The van der Waals surface area contributed by atoms with Crippen LogP contribution in [0.15, 0.2) is 78.9 Å². The second kappa shape index (κ2) is 11.3. The number of hydrogen-bond acceptors (Lipinski definition) is 5. The smallest absolute Gasteiger partial charge is 0.324 e. The number of carbonyl (C=O) groups excluding carboxylic acids is 2. The van der Waals surface area contributed by atoms with Gasteiger partial charge in [-0.25, -0.2) is 4.79 Å². The second-order valence-corrected chi connectivity index (χ2v) is 9.39. The van der Waals surface area contributed by atoms with E-state index in [1.54, 1.807) is 0 Å². The largest absolute Gasteiger partial charge is 0.485 e. The van der Waals surface area contributed by atoms with Crippen LogP contribution in [0, 0.1) is 11.8 Å². The summed E-state index contributed by atoms with van der Waals surface area (Å²) in [5.41, 5.74) is 2.98. The summed E-state index contributed by atoms with van der Waals surface area (Å²) < 4.78 is 12.2. The van der Waals surface area contributed by atoms with Gasteiger partial charge in [0.1, 0.15) is 13.2 Å². The molecule has 0 saturated carbocycles. The van der Waals surface area contributed by atoms with E-state index in [1.807, 2.05) is 78.9 Å². The molecular weight excluding hydrogens is 454 g/mol. The Balaban J connectivity index is 1.26. The molecule has 2 saturated heterocycles. The lowest BCUT2D eigenvalue weighted by molar-refractivity contribution is -0.137. The van der Waals surface area contributed by atoms with Gasteiger partial charge in [-0.05, 0) is 47.7 Å². The number of hydrogen-bond donors (Lipinski definition) is 2. The van der Waals surface area contributed by atoms with E-state index in [9.17, 15) is 9.59 Å². The van der Waals surface area contributed by atoms with E-state index in [-0.39, 0.29) is 24.4 Å². The molecule has 3 aromatic rings. The summed E-state index contributed by atoms with van der Waals surface area (Å²) in [5, 5.41) is 6.20. The monoisotopic (exact) mass is 485 g/mol. The van der Waals surface area contributed by atoms with E-state index in [1.165, 1.54) is 4.90 Å². The topological polar surface area (TPSA) is 79.9 Å². The molecule has 0 spiro atoms. The normalized spacial score (nSPS) is 19.0. The number of rotatable bonds is 8. The first-order chi connectivity index (χ1) is 17.7. The molecular formula is C29H31N3O4. The minimum absolute atomic E-state index is 0.0903. The van der Waals surface area contributed by atoms with Gasteiger partial charge in [-0.3, -0.25) is 9.69 Å². The Morgan fingerprint density at radius 2 is 1.53 bits per heavy atom. The van der Waals surface area contributed by atoms with Crippen LogP contribution in [0.25, 0.3) is 0 Å². The van der Waals surface area contributed by atoms with Gasteiger partial charge >= 0.3 is 6.03 Å². The molecule has 2 fully saturated rings. The third-order valence-electron chi connectivity index (χ3n) is 6.67. The van der Waals surface area contributed by atoms with Gasteiger partial charge in [0.2, 0.25) is 5.91 Å². The zero-order chi connectivity index (χ0) is 24.7. The minimum Gasteiger partial charge on any atom is -0.485 e. The Labute approximate surface area is 211 Å². The molecule has 36 heavy (non-hydrogen) atoms. The van der Waals surface area contributed by atoms with Gasteiger partial charge < -0.3 is 20.1 Å². The van der Waals surface area contributed by atoms with Crippen molar-refractivity contribution in [3.63, 3.8) is 0 Å². The van der Waals surface area contributed by atoms with Crippen molar-refractivity contribution in [1.82, 2.24) is 15.5 Å². The van der Waals surface area contributed by atoms with Crippen LogP contribution in [0.5, 0.6) is 11.5 Å². The first-order valence-corrected chi connectivity index (χ1v) is 12.4. The number of nitrogens with zero attached hydrogens (tertiary/aromatic N) is 1. The Hall–Kier alpha value is -3.84. The fraction of sp³-hybridized carbons (Fsp3) is 0.310. The predicted octanol–water partition coefficient (Wildman–Crippen LogP) is 4.12. The molecule has 7 nitrogen and oxygen atoms in total. The van der Waals surface area contributed by atoms with Crippen LogP contribution in [0.1, 0.15) is 23.1 Å². The lowest BCUT2D eigenvalue weighted by Gasteiger charge is -2.39. The molecule has 2 N–H and O–H groups in total. The summed E-state index contributed by atoms with van der Waals surface area (Å²) in [7, 11) is 0. The molecule has 186 valence electrons. The van der Waals surface area contributed by atoms with Crippen LogP contribution < -0.4 is 20.1 Å². The Bertz CT molecular complexity index is 1190. The molecule has 5 rings (SSSR count). The van der Waals surface area contributed by atoms with Crippen LogP contribution in [-0.2, 0) is 24.6 Å². The summed E-state index contributed by atoms with van der Waals surface area (Å²) in [5.74, 6) is 1.37. The maximum Gasteiger partial charge on any atom is 0.324 e. The molecule has 2 aliphatic rings. The van der Waals surface area contributed by atoms with Gasteiger partial charge in [0.25, 0.3) is 0 Å². The lowest BCUT2D eigenvalue weighted by Crippen LogP contribution is -2.58. The Morgan fingerprint density at radius 3 is 2.22 bits per heavy atom. The van der Waals surface area contributed by atoms with E-state index in [0.29, 0.717) is 43.7 Å². The molecule has 2 unspecified atom stereocenters. The average Bonchev–Trinajstić information content (AvgIpc) is 2.93. The molecule has 2 aliphatic heterocycles. The number of urea groups is 1. The van der Waals surface area contributed by atoms with E-state index in [4.69, 9.17) is 9.47 Å². The van der Waals surface area contributed by atoms with Crippen LogP contribution in [0.3, 0.4) is 0 Å². The van der Waals surface area contributed by atoms with Gasteiger partial charge in [-0.2, -0.15) is 0 Å². The van der Waals surface area contributed by atoms with E-state index >= 15 is 0 Å². The minimum atomic E-state index is -0.340. The molecule has 2 bridgehead atoms. The first-order valence-electron chi connectivity index (χ1n) is 12.4. The second-order valence-electron chi connectivity index (χ2n) is 9.39. The van der Waals surface area contributed by atoms with Crippen LogP contribution in [-0.4, -0.2) is 36.5 Å². The molecule has 0 aromatic heterocycles. The van der Waals surface area contributed by atoms with Crippen molar-refractivity contribution in [2.75, 3.05) is 19.6 Å². The molecule has 7 heteroatoms. The number of ether oxygens (including phenoxy) is 2. The number of piperidine rings is 2. The lowest BCUT2D eigenvalue weighted by atomic mass is 9.85. The van der Waals surface area contributed by atoms with E-state index in [0.717, 1.165) is 29.7 Å². The maximum absolute atomic E-state index is 12.9. The average molecular weight is 486 g/mol. The quantitative estimate of drug-likeness (QED) is 0.502. The maximum atomic E-state index is 12.9. The summed E-state index contributed by atoms with van der Waals surface area (Å²) in [6.45, 7) is 3.07. The van der Waals surface area contributed by atoms with E-state index in [2.05, 4.69) is 10.6 Å². The molecule has 3 amide bonds. The van der Waals surface area contributed by atoms with Crippen LogP contribution in [0.2, 0.25) is 0 Å². The summed E-state index contributed by atoms with van der Waals surface area (Å²) >= 11 is 0. The molecule has 2 heterocycles.